The summed E-state index contributed by atoms with van der Waals surface area (Å²) in [7, 11) is 1.52. The Morgan fingerprint density at radius 2 is 2.28 bits per heavy atom. The molecule has 0 fully saturated rings. The van der Waals surface area contributed by atoms with Crippen molar-refractivity contribution in [3.63, 3.8) is 0 Å². The first-order valence-electron chi connectivity index (χ1n) is 5.65. The fraction of sp³-hybridized carbons (Fsp3) is 0.417. The molecule has 1 aromatic rings. The van der Waals surface area contributed by atoms with Gasteiger partial charge in [0, 0.05) is 30.4 Å². The zero-order chi connectivity index (χ0) is 13.4. The van der Waals surface area contributed by atoms with E-state index in [-0.39, 0.29) is 12.5 Å². The number of nitrogens with one attached hydrogen (secondary N) is 2. The van der Waals surface area contributed by atoms with Crippen LogP contribution < -0.4 is 16.4 Å². The van der Waals surface area contributed by atoms with E-state index in [4.69, 9.17) is 10.5 Å². The largest absolute Gasteiger partial charge is 0.383 e. The van der Waals surface area contributed by atoms with Crippen LogP contribution in [-0.4, -0.2) is 38.8 Å². The van der Waals surface area contributed by atoms with Gasteiger partial charge in [-0.2, -0.15) is 0 Å². The van der Waals surface area contributed by atoms with Gasteiger partial charge < -0.3 is 21.1 Å². The van der Waals surface area contributed by atoms with Gasteiger partial charge in [0.1, 0.15) is 6.04 Å². The summed E-state index contributed by atoms with van der Waals surface area (Å²) in [5.74, 6) is -0.201. The number of hydrogen-bond acceptors (Lipinski definition) is 4. The Morgan fingerprint density at radius 1 is 1.50 bits per heavy atom. The fourth-order valence-corrected chi connectivity index (χ4v) is 1.78. The molecule has 1 amide bonds. The van der Waals surface area contributed by atoms with Crippen molar-refractivity contribution in [3.8, 4) is 0 Å². The maximum Gasteiger partial charge on any atom is 0.239 e. The van der Waals surface area contributed by atoms with Crippen LogP contribution in [0.15, 0.2) is 28.7 Å². The quantitative estimate of drug-likeness (QED) is 0.655. The van der Waals surface area contributed by atoms with E-state index >= 15 is 0 Å². The minimum atomic E-state index is -0.610. The average Bonchev–Trinajstić information content (AvgIpc) is 2.35. The highest BCUT2D eigenvalue weighted by molar-refractivity contribution is 9.10. The number of nitrogens with two attached hydrogens (primary N) is 1. The molecule has 6 heteroatoms. The molecule has 5 nitrogen and oxygen atoms in total. The topological polar surface area (TPSA) is 76.4 Å². The van der Waals surface area contributed by atoms with Crippen molar-refractivity contribution in [1.29, 1.82) is 0 Å². The molecule has 0 aliphatic rings. The zero-order valence-electron chi connectivity index (χ0n) is 10.3. The van der Waals surface area contributed by atoms with E-state index in [1.165, 1.54) is 7.11 Å². The number of ether oxygens (including phenoxy) is 1. The van der Waals surface area contributed by atoms with Crippen LogP contribution in [0.2, 0.25) is 0 Å². The first-order valence-corrected chi connectivity index (χ1v) is 6.44. The molecule has 1 atom stereocenters. The molecule has 0 aliphatic heterocycles. The molecule has 1 unspecified atom stereocenters. The minimum absolute atomic E-state index is 0.201. The molecule has 0 bridgehead atoms. The van der Waals surface area contributed by atoms with Gasteiger partial charge >= 0.3 is 0 Å². The number of anilines is 1. The van der Waals surface area contributed by atoms with Crippen LogP contribution in [0.1, 0.15) is 0 Å². The molecule has 0 aromatic heterocycles. The Kier molecular flexibility index (Phi) is 6.70. The molecule has 4 N–H and O–H groups in total. The SMILES string of the molecule is COCC(N)C(=O)NCCNc1cccc(Br)c1. The van der Waals surface area contributed by atoms with Crippen LogP contribution in [0.4, 0.5) is 5.69 Å². The third-order valence-electron chi connectivity index (χ3n) is 2.26. The number of carbonyl (C=O) groups is 1. The van der Waals surface area contributed by atoms with Gasteiger partial charge in [0.05, 0.1) is 6.61 Å². The fourth-order valence-electron chi connectivity index (χ4n) is 1.38. The van der Waals surface area contributed by atoms with E-state index in [1.807, 2.05) is 24.3 Å². The summed E-state index contributed by atoms with van der Waals surface area (Å²) in [5, 5.41) is 5.93. The number of halogens is 1. The van der Waals surface area contributed by atoms with Gasteiger partial charge in [-0.15, -0.1) is 0 Å². The minimum Gasteiger partial charge on any atom is -0.383 e. The lowest BCUT2D eigenvalue weighted by Crippen LogP contribution is -2.44. The van der Waals surface area contributed by atoms with Gasteiger partial charge in [-0.1, -0.05) is 22.0 Å². The Bertz CT molecular complexity index is 387. The van der Waals surface area contributed by atoms with E-state index in [2.05, 4.69) is 26.6 Å². The summed E-state index contributed by atoms with van der Waals surface area (Å²) in [6.07, 6.45) is 0. The highest BCUT2D eigenvalue weighted by atomic mass is 79.9. The molecule has 0 radical (unpaired) electrons. The lowest BCUT2D eigenvalue weighted by molar-refractivity contribution is -0.123. The van der Waals surface area contributed by atoms with E-state index in [1.54, 1.807) is 0 Å². The van der Waals surface area contributed by atoms with Crippen LogP contribution in [-0.2, 0) is 9.53 Å². The zero-order valence-corrected chi connectivity index (χ0v) is 11.9. The van der Waals surface area contributed by atoms with Crippen LogP contribution in [0.3, 0.4) is 0 Å². The predicted molar refractivity (Wildman–Crippen MR) is 75.5 cm³/mol. The van der Waals surface area contributed by atoms with Crippen LogP contribution in [0.25, 0.3) is 0 Å². The monoisotopic (exact) mass is 315 g/mol. The lowest BCUT2D eigenvalue weighted by Gasteiger charge is -2.12. The van der Waals surface area contributed by atoms with Crippen molar-refractivity contribution in [2.45, 2.75) is 6.04 Å². The highest BCUT2D eigenvalue weighted by Gasteiger charge is 2.11. The van der Waals surface area contributed by atoms with E-state index in [0.717, 1.165) is 10.2 Å². The van der Waals surface area contributed by atoms with Gasteiger partial charge in [-0.25, -0.2) is 0 Å². The summed E-state index contributed by atoms with van der Waals surface area (Å²) in [5.41, 5.74) is 6.58. The van der Waals surface area contributed by atoms with Crippen LogP contribution >= 0.6 is 15.9 Å². The summed E-state index contributed by atoms with van der Waals surface area (Å²) < 4.78 is 5.82. The third-order valence-corrected chi connectivity index (χ3v) is 2.75. The molecule has 1 rings (SSSR count). The molecule has 0 spiro atoms. The number of amides is 1. The second-order valence-electron chi connectivity index (χ2n) is 3.79. The second-order valence-corrected chi connectivity index (χ2v) is 4.71. The Hall–Kier alpha value is -1.11. The van der Waals surface area contributed by atoms with E-state index in [9.17, 15) is 4.79 Å². The average molecular weight is 316 g/mol. The Morgan fingerprint density at radius 3 is 2.94 bits per heavy atom. The highest BCUT2D eigenvalue weighted by Crippen LogP contribution is 2.14. The molecule has 0 saturated heterocycles. The summed E-state index contributed by atoms with van der Waals surface area (Å²) in [6.45, 7) is 1.38. The molecular weight excluding hydrogens is 298 g/mol. The number of benzene rings is 1. The standard InChI is InChI=1S/C12H18BrN3O2/c1-18-8-11(14)12(17)16-6-5-15-10-4-2-3-9(13)7-10/h2-4,7,11,15H,5-6,8,14H2,1H3,(H,16,17). The Labute approximate surface area is 115 Å². The maximum atomic E-state index is 11.4. The van der Waals surface area contributed by atoms with Crippen molar-refractivity contribution in [2.24, 2.45) is 5.73 Å². The van der Waals surface area contributed by atoms with Crippen molar-refractivity contribution in [1.82, 2.24) is 5.32 Å². The smallest absolute Gasteiger partial charge is 0.239 e. The molecule has 1 aromatic carbocycles. The Balaban J connectivity index is 2.21. The number of methoxy groups -OCH3 is 1. The van der Waals surface area contributed by atoms with Crippen molar-refractivity contribution >= 4 is 27.5 Å². The molecule has 0 aliphatic carbocycles. The maximum absolute atomic E-state index is 11.4. The first kappa shape index (κ1) is 14.9. The van der Waals surface area contributed by atoms with Gasteiger partial charge in [0.2, 0.25) is 5.91 Å². The van der Waals surface area contributed by atoms with E-state index < -0.39 is 6.04 Å². The normalized spacial score (nSPS) is 11.9. The van der Waals surface area contributed by atoms with Crippen molar-refractivity contribution in [3.05, 3.63) is 28.7 Å². The molecule has 100 valence electrons. The first-order chi connectivity index (χ1) is 8.63. The summed E-state index contributed by atoms with van der Waals surface area (Å²) >= 11 is 3.39. The third kappa shape index (κ3) is 5.48. The van der Waals surface area contributed by atoms with Gasteiger partial charge in [-0.05, 0) is 18.2 Å². The number of carbonyl (C=O) groups excluding carboxylic acids is 1. The van der Waals surface area contributed by atoms with Crippen LogP contribution in [0, 0.1) is 0 Å². The molecular formula is C12H18BrN3O2. The summed E-state index contributed by atoms with van der Waals surface area (Å²) in [6, 6.07) is 7.22. The molecule has 0 heterocycles. The van der Waals surface area contributed by atoms with E-state index in [0.29, 0.717) is 13.1 Å². The number of rotatable bonds is 7. The molecule has 0 saturated carbocycles. The van der Waals surface area contributed by atoms with Gasteiger partial charge in [-0.3, -0.25) is 4.79 Å². The lowest BCUT2D eigenvalue weighted by atomic mass is 10.3. The van der Waals surface area contributed by atoms with Crippen molar-refractivity contribution in [2.75, 3.05) is 32.1 Å². The van der Waals surface area contributed by atoms with Crippen LogP contribution in [0.5, 0.6) is 0 Å². The molecule has 18 heavy (non-hydrogen) atoms. The second kappa shape index (κ2) is 8.07. The van der Waals surface area contributed by atoms with Gasteiger partial charge in [0.15, 0.2) is 0 Å². The van der Waals surface area contributed by atoms with Gasteiger partial charge in [0.25, 0.3) is 0 Å². The predicted octanol–water partition coefficient (Wildman–Crippen LogP) is 0.951. The number of hydrogen-bond donors (Lipinski definition) is 3. The van der Waals surface area contributed by atoms with Crippen molar-refractivity contribution < 1.29 is 9.53 Å². The summed E-state index contributed by atoms with van der Waals surface area (Å²) in [4.78, 5) is 11.4.